The van der Waals surface area contributed by atoms with Gasteiger partial charge in [0.15, 0.2) is 6.29 Å². The Labute approximate surface area is 236 Å². The Balaban J connectivity index is 1.23. The average Bonchev–Trinajstić information content (AvgIpc) is 3.40. The van der Waals surface area contributed by atoms with Gasteiger partial charge in [-0.15, -0.1) is 0 Å². The van der Waals surface area contributed by atoms with Crippen LogP contribution in [0.3, 0.4) is 0 Å². The molecule has 0 saturated heterocycles. The van der Waals surface area contributed by atoms with Crippen LogP contribution in [0.4, 0.5) is 5.69 Å². The Hall–Kier alpha value is -3.73. The van der Waals surface area contributed by atoms with E-state index in [0.29, 0.717) is 18.3 Å². The molecule has 1 N–H and O–H groups in total. The smallest absolute Gasteiger partial charge is 0.293 e. The van der Waals surface area contributed by atoms with Gasteiger partial charge in [-0.25, -0.2) is 0 Å². The van der Waals surface area contributed by atoms with Crippen molar-refractivity contribution in [1.82, 2.24) is 0 Å². The van der Waals surface area contributed by atoms with E-state index in [1.807, 2.05) is 36.4 Å². The normalized spacial score (nSPS) is 31.3. The van der Waals surface area contributed by atoms with Crippen LogP contribution in [0.2, 0.25) is 0 Å². The molecule has 0 aliphatic heterocycles. The summed E-state index contributed by atoms with van der Waals surface area (Å²) >= 11 is 0. The quantitative estimate of drug-likeness (QED) is 0.197. The molecular formula is C35H36N2O3. The number of rotatable bonds is 7. The first-order valence-electron chi connectivity index (χ1n) is 14.7. The van der Waals surface area contributed by atoms with Gasteiger partial charge in [0, 0.05) is 22.1 Å². The minimum absolute atomic E-state index is 0.0502. The van der Waals surface area contributed by atoms with Crippen molar-refractivity contribution in [3.8, 4) is 0 Å². The van der Waals surface area contributed by atoms with E-state index in [-0.39, 0.29) is 16.4 Å². The van der Waals surface area contributed by atoms with Crippen LogP contribution in [-0.2, 0) is 16.0 Å². The number of aldehydes is 1. The predicted octanol–water partition coefficient (Wildman–Crippen LogP) is 7.30. The van der Waals surface area contributed by atoms with Crippen LogP contribution in [0, 0.1) is 16.7 Å². The summed E-state index contributed by atoms with van der Waals surface area (Å²) in [7, 11) is 0. The van der Waals surface area contributed by atoms with Crippen molar-refractivity contribution in [2.75, 3.05) is 5.43 Å². The number of hydrogen-bond acceptors (Lipinski definition) is 5. The highest BCUT2D eigenvalue weighted by molar-refractivity contribution is 6.13. The third kappa shape index (κ3) is 3.42. The molecule has 4 aliphatic rings. The topological polar surface area (TPSA) is 67.8 Å². The summed E-state index contributed by atoms with van der Waals surface area (Å²) in [6.07, 6.45) is 9.41. The molecular weight excluding hydrogens is 496 g/mol. The summed E-state index contributed by atoms with van der Waals surface area (Å²) in [5.41, 5.74) is 10.2. The number of benzene rings is 3. The van der Waals surface area contributed by atoms with E-state index in [0.717, 1.165) is 85.7 Å². The molecule has 5 heteroatoms. The minimum atomic E-state index is -0.283. The monoisotopic (exact) mass is 532 g/mol. The molecule has 3 aromatic rings. The lowest BCUT2D eigenvalue weighted by Crippen LogP contribution is -2.52. The van der Waals surface area contributed by atoms with Crippen LogP contribution in [0.25, 0.3) is 0 Å². The molecule has 0 spiro atoms. The Morgan fingerprint density at radius 3 is 2.17 bits per heavy atom. The van der Waals surface area contributed by atoms with Gasteiger partial charge < -0.3 is 4.74 Å². The van der Waals surface area contributed by atoms with Gasteiger partial charge in [0.2, 0.25) is 0 Å². The molecule has 2 bridgehead atoms. The van der Waals surface area contributed by atoms with Crippen molar-refractivity contribution >= 4 is 24.2 Å². The van der Waals surface area contributed by atoms with Crippen LogP contribution < -0.4 is 5.43 Å². The standard InChI is InChI=1S/C35H36N2O3/c1-33-17-16-28-26-13-15-31(36-37-32(24-8-4-2-5-9-24)25-10-6-3-7-11-25)29(22-38)27(26)12-14-30(28)34(33)18-20-35(33,21-19-34)40-23-39/h2-11,13,15,22-23,28,30,36H,12,14,16-21H2,1H3/t28-,30-,33+,34?,35?/m1/s1. The van der Waals surface area contributed by atoms with E-state index in [4.69, 9.17) is 9.84 Å². The second-order valence-electron chi connectivity index (χ2n) is 12.5. The molecule has 3 saturated carbocycles. The number of carbonyl (C=O) groups is 2. The SMILES string of the molecule is C[C@]12CC[C@@H]3c4ccc(NN=C(c5ccccc5)c5ccccc5)c(C=O)c4CC[C@H]3C13CCC2(OC=O)CC3. The average molecular weight is 533 g/mol. The van der Waals surface area contributed by atoms with Gasteiger partial charge >= 0.3 is 0 Å². The lowest BCUT2D eigenvalue weighted by Gasteiger charge is -2.57. The van der Waals surface area contributed by atoms with Crippen molar-refractivity contribution in [3.63, 3.8) is 0 Å². The molecule has 5 nitrogen and oxygen atoms in total. The zero-order chi connectivity index (χ0) is 27.4. The fourth-order valence-corrected chi connectivity index (χ4v) is 9.58. The lowest BCUT2D eigenvalue weighted by molar-refractivity contribution is -0.161. The largest absolute Gasteiger partial charge is 0.461 e. The highest BCUT2D eigenvalue weighted by Crippen LogP contribution is 2.78. The van der Waals surface area contributed by atoms with Crippen LogP contribution in [0.5, 0.6) is 0 Å². The molecule has 3 atom stereocenters. The first-order chi connectivity index (χ1) is 19.6. The van der Waals surface area contributed by atoms with Crippen LogP contribution >= 0.6 is 0 Å². The number of fused-ring (bicyclic) bond motifs is 3. The maximum Gasteiger partial charge on any atom is 0.293 e. The summed E-state index contributed by atoms with van der Waals surface area (Å²) in [6.45, 7) is 3.10. The number of carbonyl (C=O) groups excluding carboxylic acids is 2. The first kappa shape index (κ1) is 25.3. The summed E-state index contributed by atoms with van der Waals surface area (Å²) in [5, 5.41) is 4.85. The molecule has 3 aromatic carbocycles. The van der Waals surface area contributed by atoms with Crippen LogP contribution in [-0.4, -0.2) is 24.1 Å². The lowest BCUT2D eigenvalue weighted by atomic mass is 9.48. The molecule has 0 unspecified atom stereocenters. The molecule has 0 radical (unpaired) electrons. The zero-order valence-electron chi connectivity index (χ0n) is 23.1. The number of hydrogen-bond donors (Lipinski definition) is 1. The molecule has 0 amide bonds. The van der Waals surface area contributed by atoms with Crippen molar-refractivity contribution in [3.05, 3.63) is 101 Å². The highest BCUT2D eigenvalue weighted by Gasteiger charge is 2.75. The number of hydrazone groups is 1. The number of ether oxygens (including phenoxy) is 1. The minimum Gasteiger partial charge on any atom is -0.461 e. The molecule has 0 aromatic heterocycles. The number of nitrogens with one attached hydrogen (secondary N) is 1. The van der Waals surface area contributed by atoms with Crippen molar-refractivity contribution < 1.29 is 14.3 Å². The summed E-state index contributed by atoms with van der Waals surface area (Å²) < 4.78 is 5.91. The molecule has 7 rings (SSSR count). The van der Waals surface area contributed by atoms with Crippen LogP contribution in [0.15, 0.2) is 77.9 Å². The van der Waals surface area contributed by atoms with Crippen molar-refractivity contribution in [1.29, 1.82) is 0 Å². The van der Waals surface area contributed by atoms with Gasteiger partial charge in [-0.3, -0.25) is 15.0 Å². The number of anilines is 1. The molecule has 40 heavy (non-hydrogen) atoms. The van der Waals surface area contributed by atoms with E-state index in [9.17, 15) is 9.59 Å². The molecule has 4 aliphatic carbocycles. The van der Waals surface area contributed by atoms with E-state index in [1.54, 1.807) is 0 Å². The molecule has 204 valence electrons. The van der Waals surface area contributed by atoms with Gasteiger partial charge in [-0.1, -0.05) is 73.7 Å². The second-order valence-corrected chi connectivity index (χ2v) is 12.5. The molecule has 0 heterocycles. The highest BCUT2D eigenvalue weighted by atomic mass is 16.5. The summed E-state index contributed by atoms with van der Waals surface area (Å²) in [6, 6.07) is 24.6. The van der Waals surface area contributed by atoms with Crippen molar-refractivity contribution in [2.45, 2.75) is 69.8 Å². The Bertz CT molecular complexity index is 1430. The zero-order valence-corrected chi connectivity index (χ0v) is 23.1. The van der Waals surface area contributed by atoms with Gasteiger partial charge in [-0.05, 0) is 85.8 Å². The predicted molar refractivity (Wildman–Crippen MR) is 157 cm³/mol. The fraction of sp³-hybridized carbons (Fsp3) is 0.400. The van der Waals surface area contributed by atoms with E-state index >= 15 is 0 Å². The Kier molecular flexibility index (Phi) is 5.95. The first-order valence-corrected chi connectivity index (χ1v) is 14.7. The maximum atomic E-state index is 12.6. The third-order valence-corrected chi connectivity index (χ3v) is 11.5. The fourth-order valence-electron chi connectivity index (χ4n) is 9.58. The third-order valence-electron chi connectivity index (χ3n) is 11.5. The van der Waals surface area contributed by atoms with E-state index in [1.165, 1.54) is 11.1 Å². The Morgan fingerprint density at radius 2 is 1.55 bits per heavy atom. The Morgan fingerprint density at radius 1 is 0.875 bits per heavy atom. The second kappa shape index (κ2) is 9.43. The van der Waals surface area contributed by atoms with Gasteiger partial charge in [0.05, 0.1) is 11.4 Å². The van der Waals surface area contributed by atoms with Gasteiger partial charge in [-0.2, -0.15) is 5.10 Å². The van der Waals surface area contributed by atoms with E-state index < -0.39 is 0 Å². The maximum absolute atomic E-state index is 12.6. The summed E-state index contributed by atoms with van der Waals surface area (Å²) in [4.78, 5) is 24.1. The number of nitrogens with zero attached hydrogens (tertiary/aromatic N) is 1. The van der Waals surface area contributed by atoms with Gasteiger partial charge in [0.25, 0.3) is 6.47 Å². The van der Waals surface area contributed by atoms with Crippen LogP contribution in [0.1, 0.15) is 90.4 Å². The van der Waals surface area contributed by atoms with E-state index in [2.05, 4.69) is 48.7 Å². The van der Waals surface area contributed by atoms with Gasteiger partial charge in [0.1, 0.15) is 5.60 Å². The van der Waals surface area contributed by atoms with Crippen molar-refractivity contribution in [2.24, 2.45) is 21.8 Å². The molecule has 3 fully saturated rings. The summed E-state index contributed by atoms with van der Waals surface area (Å²) in [5.74, 6) is 1.01.